The molecule has 5 nitrogen and oxygen atoms in total. The summed E-state index contributed by atoms with van der Waals surface area (Å²) in [5.74, 6) is -0.169. The molecule has 0 radical (unpaired) electrons. The number of amides is 1. The average molecular weight is 386 g/mol. The summed E-state index contributed by atoms with van der Waals surface area (Å²) in [5.41, 5.74) is 2.57. The largest absolute Gasteiger partial charge is 0.588 e. The standard InChI is InChI=1S/C19H16ClN3O2S/c1-21-19(24)14-7-5-6-13(10-14)15-11-17(18(20)22-12-15)23-26(25)16-8-3-2-4-9-16/h2-12,23H,1H3,(H,21,24). The van der Waals surface area contributed by atoms with E-state index in [-0.39, 0.29) is 11.1 Å². The fourth-order valence-electron chi connectivity index (χ4n) is 2.36. The van der Waals surface area contributed by atoms with Crippen molar-refractivity contribution in [3.63, 3.8) is 0 Å². The lowest BCUT2D eigenvalue weighted by Crippen LogP contribution is -2.17. The minimum absolute atomic E-state index is 0.169. The van der Waals surface area contributed by atoms with Gasteiger partial charge in [0.1, 0.15) is 17.0 Å². The van der Waals surface area contributed by atoms with Crippen molar-refractivity contribution in [3.05, 3.63) is 77.6 Å². The minimum atomic E-state index is -1.46. The maximum atomic E-state index is 12.5. The number of carbonyl (C=O) groups excluding carboxylic acids is 1. The predicted molar refractivity (Wildman–Crippen MR) is 105 cm³/mol. The highest BCUT2D eigenvalue weighted by Gasteiger charge is 2.15. The van der Waals surface area contributed by atoms with Crippen LogP contribution in [0.4, 0.5) is 5.69 Å². The summed E-state index contributed by atoms with van der Waals surface area (Å²) in [4.78, 5) is 16.6. The summed E-state index contributed by atoms with van der Waals surface area (Å²) >= 11 is 4.69. The van der Waals surface area contributed by atoms with Gasteiger partial charge < -0.3 is 9.87 Å². The second-order valence-electron chi connectivity index (χ2n) is 5.41. The van der Waals surface area contributed by atoms with Crippen LogP contribution in [0.5, 0.6) is 0 Å². The molecule has 0 bridgehead atoms. The van der Waals surface area contributed by atoms with E-state index in [1.807, 2.05) is 24.3 Å². The number of pyridine rings is 1. The van der Waals surface area contributed by atoms with Gasteiger partial charge >= 0.3 is 0 Å². The normalized spacial score (nSPS) is 11.7. The lowest BCUT2D eigenvalue weighted by Gasteiger charge is -2.13. The fourth-order valence-corrected chi connectivity index (χ4v) is 3.45. The van der Waals surface area contributed by atoms with Gasteiger partial charge in [0.15, 0.2) is 10.0 Å². The van der Waals surface area contributed by atoms with Gasteiger partial charge in [-0.3, -0.25) is 4.79 Å². The maximum absolute atomic E-state index is 12.5. The van der Waals surface area contributed by atoms with Crippen LogP contribution >= 0.6 is 11.6 Å². The van der Waals surface area contributed by atoms with Gasteiger partial charge in [0, 0.05) is 24.4 Å². The number of benzene rings is 2. The first kappa shape index (κ1) is 18.3. The molecule has 0 aliphatic rings. The first-order valence-electron chi connectivity index (χ1n) is 7.80. The Kier molecular flexibility index (Phi) is 5.78. The highest BCUT2D eigenvalue weighted by Crippen LogP contribution is 2.29. The van der Waals surface area contributed by atoms with E-state index in [9.17, 15) is 9.35 Å². The number of halogens is 1. The number of hydrogen-bond donors (Lipinski definition) is 2. The minimum Gasteiger partial charge on any atom is -0.588 e. The van der Waals surface area contributed by atoms with E-state index >= 15 is 0 Å². The van der Waals surface area contributed by atoms with E-state index in [4.69, 9.17) is 11.6 Å². The Morgan fingerprint density at radius 3 is 2.58 bits per heavy atom. The summed E-state index contributed by atoms with van der Waals surface area (Å²) in [5, 5.41) is 2.82. The van der Waals surface area contributed by atoms with Crippen molar-refractivity contribution in [2.45, 2.75) is 4.90 Å². The zero-order chi connectivity index (χ0) is 18.5. The van der Waals surface area contributed by atoms with Crippen molar-refractivity contribution in [2.75, 3.05) is 11.8 Å². The second kappa shape index (κ2) is 8.23. The summed E-state index contributed by atoms with van der Waals surface area (Å²) in [6, 6.07) is 17.9. The third kappa shape index (κ3) is 4.16. The molecular weight excluding hydrogens is 370 g/mol. The molecule has 0 aliphatic carbocycles. The number of anilines is 1. The first-order valence-corrected chi connectivity index (χ1v) is 9.33. The molecule has 1 aromatic heterocycles. The molecule has 3 rings (SSSR count). The number of carbonyl (C=O) groups is 1. The Morgan fingerprint density at radius 2 is 1.85 bits per heavy atom. The van der Waals surface area contributed by atoms with Crippen LogP contribution in [0, 0.1) is 0 Å². The first-order chi connectivity index (χ1) is 12.6. The van der Waals surface area contributed by atoms with E-state index in [0.29, 0.717) is 16.1 Å². The highest BCUT2D eigenvalue weighted by atomic mass is 35.5. The molecule has 2 N–H and O–H groups in total. The van der Waals surface area contributed by atoms with Crippen molar-refractivity contribution >= 4 is 34.6 Å². The van der Waals surface area contributed by atoms with Crippen molar-refractivity contribution in [2.24, 2.45) is 0 Å². The van der Waals surface area contributed by atoms with Crippen LogP contribution in [0.2, 0.25) is 5.15 Å². The number of hydrogen-bond acceptors (Lipinski definition) is 4. The van der Waals surface area contributed by atoms with Crippen LogP contribution in [-0.4, -0.2) is 22.5 Å². The van der Waals surface area contributed by atoms with Crippen LogP contribution in [0.25, 0.3) is 11.1 Å². The smallest absolute Gasteiger partial charge is 0.251 e. The van der Waals surface area contributed by atoms with E-state index in [0.717, 1.165) is 11.1 Å². The van der Waals surface area contributed by atoms with Gasteiger partial charge in [-0.1, -0.05) is 41.9 Å². The van der Waals surface area contributed by atoms with Gasteiger partial charge in [-0.05, 0) is 35.9 Å². The average Bonchev–Trinajstić information content (AvgIpc) is 2.69. The molecule has 3 aromatic rings. The van der Waals surface area contributed by atoms with Crippen LogP contribution < -0.4 is 10.0 Å². The van der Waals surface area contributed by atoms with E-state index in [1.165, 1.54) is 0 Å². The predicted octanol–water partition coefficient (Wildman–Crippen LogP) is 3.90. The van der Waals surface area contributed by atoms with Crippen molar-refractivity contribution < 1.29 is 9.35 Å². The summed E-state index contributed by atoms with van der Waals surface area (Å²) in [7, 11) is 1.58. The third-order valence-corrected chi connectivity index (χ3v) is 5.09. The molecule has 1 unspecified atom stereocenters. The van der Waals surface area contributed by atoms with Gasteiger partial charge in [0.25, 0.3) is 5.91 Å². The number of rotatable bonds is 5. The van der Waals surface area contributed by atoms with Crippen LogP contribution in [-0.2, 0) is 11.4 Å². The number of nitrogens with one attached hydrogen (secondary N) is 2. The fraction of sp³-hybridized carbons (Fsp3) is 0.0526. The van der Waals surface area contributed by atoms with Crippen LogP contribution in [0.3, 0.4) is 0 Å². The molecule has 0 saturated carbocycles. The van der Waals surface area contributed by atoms with Gasteiger partial charge in [-0.15, -0.1) is 0 Å². The summed E-state index contributed by atoms with van der Waals surface area (Å²) in [6.45, 7) is 0. The Morgan fingerprint density at radius 1 is 1.08 bits per heavy atom. The SMILES string of the molecule is CNC(=O)c1cccc(-c2cnc(Cl)c(N[S+]([O-])c3ccccc3)c2)c1. The second-order valence-corrected chi connectivity index (χ2v) is 6.98. The summed E-state index contributed by atoms with van der Waals surface area (Å²) in [6.07, 6.45) is 1.61. The van der Waals surface area contributed by atoms with Crippen molar-refractivity contribution in [1.29, 1.82) is 0 Å². The number of nitrogens with zero attached hydrogens (tertiary/aromatic N) is 1. The molecule has 2 aromatic carbocycles. The lowest BCUT2D eigenvalue weighted by molar-refractivity contribution is 0.0963. The lowest BCUT2D eigenvalue weighted by atomic mass is 10.0. The van der Waals surface area contributed by atoms with Gasteiger partial charge in [-0.2, -0.15) is 0 Å². The Balaban J connectivity index is 1.89. The van der Waals surface area contributed by atoms with Gasteiger partial charge in [0.2, 0.25) is 0 Å². The van der Waals surface area contributed by atoms with Crippen LogP contribution in [0.15, 0.2) is 71.8 Å². The molecule has 0 saturated heterocycles. The molecule has 1 heterocycles. The van der Waals surface area contributed by atoms with E-state index in [2.05, 4.69) is 15.0 Å². The molecule has 0 aliphatic heterocycles. The van der Waals surface area contributed by atoms with Crippen LogP contribution in [0.1, 0.15) is 10.4 Å². The zero-order valence-corrected chi connectivity index (χ0v) is 15.5. The van der Waals surface area contributed by atoms with Gasteiger partial charge in [-0.25, -0.2) is 9.71 Å². The Hall–Kier alpha value is -2.54. The molecule has 132 valence electrons. The highest BCUT2D eigenvalue weighted by molar-refractivity contribution is 7.92. The zero-order valence-electron chi connectivity index (χ0n) is 13.9. The Labute approximate surface area is 159 Å². The van der Waals surface area contributed by atoms with Gasteiger partial charge in [0.05, 0.1) is 0 Å². The van der Waals surface area contributed by atoms with Crippen molar-refractivity contribution in [3.8, 4) is 11.1 Å². The Bertz CT molecular complexity index is 922. The van der Waals surface area contributed by atoms with E-state index in [1.54, 1.807) is 49.6 Å². The van der Waals surface area contributed by atoms with Crippen molar-refractivity contribution in [1.82, 2.24) is 10.3 Å². The molecule has 7 heteroatoms. The molecule has 0 spiro atoms. The quantitative estimate of drug-likeness (QED) is 0.516. The third-order valence-electron chi connectivity index (χ3n) is 3.68. The maximum Gasteiger partial charge on any atom is 0.251 e. The topological polar surface area (TPSA) is 77.1 Å². The number of aromatic nitrogens is 1. The molecule has 26 heavy (non-hydrogen) atoms. The molecule has 1 atom stereocenters. The van der Waals surface area contributed by atoms with E-state index < -0.39 is 11.4 Å². The molecule has 1 amide bonds. The monoisotopic (exact) mass is 385 g/mol. The summed E-state index contributed by atoms with van der Waals surface area (Å²) < 4.78 is 15.3. The molecule has 0 fully saturated rings. The molecular formula is C19H16ClN3O2S.